The number of ether oxygens (including phenoxy) is 1. The van der Waals surface area contributed by atoms with E-state index in [1.54, 1.807) is 0 Å². The third-order valence-electron chi connectivity index (χ3n) is 1.80. The van der Waals surface area contributed by atoms with Crippen LogP contribution in [-0.2, 0) is 4.74 Å². The summed E-state index contributed by atoms with van der Waals surface area (Å²) in [7, 11) is 0. The quantitative estimate of drug-likeness (QED) is 0.447. The zero-order chi connectivity index (χ0) is 10.3. The standard InChI is InChI=1S/C12H20O/c1-6-11(4)9-13-12(5)8-7-10(2)3/h7-8,11H,2,5-6,9H2,1,3-4H3/b8-7-. The van der Waals surface area contributed by atoms with Crippen LogP contribution in [-0.4, -0.2) is 6.61 Å². The van der Waals surface area contributed by atoms with Gasteiger partial charge in [0.05, 0.1) is 6.61 Å². The van der Waals surface area contributed by atoms with E-state index in [0.29, 0.717) is 11.7 Å². The van der Waals surface area contributed by atoms with Crippen molar-refractivity contribution in [1.29, 1.82) is 0 Å². The summed E-state index contributed by atoms with van der Waals surface area (Å²) in [5, 5.41) is 0. The van der Waals surface area contributed by atoms with Gasteiger partial charge in [-0.25, -0.2) is 0 Å². The SMILES string of the molecule is C=C(C)/C=C\C(=C)OCC(C)CC. The van der Waals surface area contributed by atoms with Crippen LogP contribution in [0.3, 0.4) is 0 Å². The maximum Gasteiger partial charge on any atom is 0.112 e. The van der Waals surface area contributed by atoms with Gasteiger partial charge < -0.3 is 4.74 Å². The molecule has 0 saturated carbocycles. The van der Waals surface area contributed by atoms with Crippen LogP contribution in [0.2, 0.25) is 0 Å². The first-order chi connectivity index (χ1) is 6.06. The molecule has 0 saturated heterocycles. The number of hydrogen-bond acceptors (Lipinski definition) is 1. The van der Waals surface area contributed by atoms with E-state index in [1.807, 2.05) is 19.1 Å². The van der Waals surface area contributed by atoms with Gasteiger partial charge in [-0.15, -0.1) is 0 Å². The van der Waals surface area contributed by atoms with Gasteiger partial charge in [-0.05, 0) is 18.9 Å². The Hall–Kier alpha value is -0.980. The maximum absolute atomic E-state index is 5.42. The van der Waals surface area contributed by atoms with E-state index in [9.17, 15) is 0 Å². The van der Waals surface area contributed by atoms with Crippen molar-refractivity contribution in [1.82, 2.24) is 0 Å². The Morgan fingerprint density at radius 1 is 1.38 bits per heavy atom. The molecule has 0 radical (unpaired) electrons. The van der Waals surface area contributed by atoms with Gasteiger partial charge in [0, 0.05) is 0 Å². The van der Waals surface area contributed by atoms with Gasteiger partial charge >= 0.3 is 0 Å². The molecular weight excluding hydrogens is 160 g/mol. The second-order valence-corrected chi connectivity index (χ2v) is 3.47. The normalized spacial score (nSPS) is 12.8. The molecule has 0 fully saturated rings. The zero-order valence-electron chi connectivity index (χ0n) is 8.97. The van der Waals surface area contributed by atoms with Gasteiger partial charge in [0.25, 0.3) is 0 Å². The predicted octanol–water partition coefficient (Wildman–Crippen LogP) is 3.70. The van der Waals surface area contributed by atoms with Crippen LogP contribution < -0.4 is 0 Å². The molecule has 1 atom stereocenters. The predicted molar refractivity (Wildman–Crippen MR) is 58.5 cm³/mol. The van der Waals surface area contributed by atoms with Crippen molar-refractivity contribution in [3.05, 3.63) is 36.6 Å². The van der Waals surface area contributed by atoms with E-state index < -0.39 is 0 Å². The van der Waals surface area contributed by atoms with Crippen molar-refractivity contribution in [2.45, 2.75) is 27.2 Å². The maximum atomic E-state index is 5.42. The molecule has 0 aromatic heterocycles. The summed E-state index contributed by atoms with van der Waals surface area (Å²) >= 11 is 0. The fraction of sp³-hybridized carbons (Fsp3) is 0.500. The molecule has 0 heterocycles. The lowest BCUT2D eigenvalue weighted by Gasteiger charge is -2.10. The summed E-state index contributed by atoms with van der Waals surface area (Å²) in [6, 6.07) is 0. The molecular formula is C12H20O. The molecule has 1 nitrogen and oxygen atoms in total. The van der Waals surface area contributed by atoms with Gasteiger partial charge in [0.2, 0.25) is 0 Å². The molecule has 0 spiro atoms. The molecule has 0 aromatic rings. The summed E-state index contributed by atoms with van der Waals surface area (Å²) in [6.45, 7) is 14.5. The minimum absolute atomic E-state index is 0.593. The Kier molecular flexibility index (Phi) is 6.03. The van der Waals surface area contributed by atoms with Crippen molar-refractivity contribution in [3.8, 4) is 0 Å². The van der Waals surface area contributed by atoms with E-state index in [1.165, 1.54) is 0 Å². The lowest BCUT2D eigenvalue weighted by molar-refractivity contribution is 0.181. The van der Waals surface area contributed by atoms with E-state index in [2.05, 4.69) is 27.0 Å². The molecule has 0 aliphatic heterocycles. The van der Waals surface area contributed by atoms with Crippen molar-refractivity contribution in [2.75, 3.05) is 6.61 Å². The molecule has 1 heteroatoms. The molecule has 0 rings (SSSR count). The first-order valence-corrected chi connectivity index (χ1v) is 4.71. The Balaban J connectivity index is 3.69. The fourth-order valence-corrected chi connectivity index (χ4v) is 0.650. The van der Waals surface area contributed by atoms with Crippen LogP contribution in [0.5, 0.6) is 0 Å². The Morgan fingerprint density at radius 2 is 2.00 bits per heavy atom. The zero-order valence-corrected chi connectivity index (χ0v) is 8.97. The van der Waals surface area contributed by atoms with Crippen LogP contribution >= 0.6 is 0 Å². The van der Waals surface area contributed by atoms with Gasteiger partial charge in [-0.2, -0.15) is 0 Å². The first kappa shape index (κ1) is 12.0. The van der Waals surface area contributed by atoms with Crippen LogP contribution in [0, 0.1) is 5.92 Å². The Morgan fingerprint density at radius 3 is 2.46 bits per heavy atom. The van der Waals surface area contributed by atoms with E-state index >= 15 is 0 Å². The lowest BCUT2D eigenvalue weighted by Crippen LogP contribution is -2.02. The largest absolute Gasteiger partial charge is 0.494 e. The van der Waals surface area contributed by atoms with Crippen molar-refractivity contribution < 1.29 is 4.74 Å². The van der Waals surface area contributed by atoms with Gasteiger partial charge in [0.15, 0.2) is 0 Å². The van der Waals surface area contributed by atoms with Crippen LogP contribution in [0.4, 0.5) is 0 Å². The number of allylic oxidation sites excluding steroid dienone is 3. The molecule has 74 valence electrons. The van der Waals surface area contributed by atoms with E-state index in [0.717, 1.165) is 18.6 Å². The van der Waals surface area contributed by atoms with Gasteiger partial charge in [-0.3, -0.25) is 0 Å². The monoisotopic (exact) mass is 180 g/mol. The van der Waals surface area contributed by atoms with Crippen LogP contribution in [0.25, 0.3) is 0 Å². The Bertz CT molecular complexity index is 201. The molecule has 0 N–H and O–H groups in total. The van der Waals surface area contributed by atoms with Gasteiger partial charge in [0.1, 0.15) is 5.76 Å². The molecule has 0 aliphatic rings. The third kappa shape index (κ3) is 7.38. The molecule has 0 bridgehead atoms. The summed E-state index contributed by atoms with van der Waals surface area (Å²) in [6.07, 6.45) is 4.89. The minimum atomic E-state index is 0.593. The second-order valence-electron chi connectivity index (χ2n) is 3.47. The van der Waals surface area contributed by atoms with E-state index in [-0.39, 0.29) is 0 Å². The molecule has 0 aliphatic carbocycles. The lowest BCUT2D eigenvalue weighted by atomic mass is 10.1. The topological polar surface area (TPSA) is 9.23 Å². The first-order valence-electron chi connectivity index (χ1n) is 4.71. The summed E-state index contributed by atoms with van der Waals surface area (Å²) in [5.41, 5.74) is 1.01. The van der Waals surface area contributed by atoms with Crippen molar-refractivity contribution in [2.24, 2.45) is 5.92 Å². The average Bonchev–Trinajstić information content (AvgIpc) is 2.10. The molecule has 1 unspecified atom stereocenters. The second kappa shape index (κ2) is 6.53. The average molecular weight is 180 g/mol. The van der Waals surface area contributed by atoms with Crippen molar-refractivity contribution in [3.63, 3.8) is 0 Å². The highest BCUT2D eigenvalue weighted by molar-refractivity contribution is 5.19. The smallest absolute Gasteiger partial charge is 0.112 e. The summed E-state index contributed by atoms with van der Waals surface area (Å²) in [4.78, 5) is 0. The van der Waals surface area contributed by atoms with E-state index in [4.69, 9.17) is 4.74 Å². The highest BCUT2D eigenvalue weighted by Gasteiger charge is 1.98. The molecule has 0 amide bonds. The number of hydrogen-bond donors (Lipinski definition) is 0. The highest BCUT2D eigenvalue weighted by atomic mass is 16.5. The third-order valence-corrected chi connectivity index (χ3v) is 1.80. The molecule has 0 aromatic carbocycles. The Labute approximate surface area is 81.8 Å². The minimum Gasteiger partial charge on any atom is -0.494 e. The van der Waals surface area contributed by atoms with Crippen molar-refractivity contribution >= 4 is 0 Å². The highest BCUT2D eigenvalue weighted by Crippen LogP contribution is 2.05. The fourth-order valence-electron chi connectivity index (χ4n) is 0.650. The van der Waals surface area contributed by atoms with Gasteiger partial charge in [-0.1, -0.05) is 45.1 Å². The summed E-state index contributed by atoms with van der Waals surface area (Å²) in [5.74, 6) is 1.30. The van der Waals surface area contributed by atoms with Crippen LogP contribution in [0.1, 0.15) is 27.2 Å². The molecule has 13 heavy (non-hydrogen) atoms. The summed E-state index contributed by atoms with van der Waals surface area (Å²) < 4.78 is 5.42. The van der Waals surface area contributed by atoms with Crippen LogP contribution in [0.15, 0.2) is 36.6 Å². The number of rotatable bonds is 6.